The zero-order valence-electron chi connectivity index (χ0n) is 12.1. The van der Waals surface area contributed by atoms with Gasteiger partial charge in [-0.25, -0.2) is 4.98 Å². The van der Waals surface area contributed by atoms with Crippen LogP contribution in [-0.2, 0) is 9.31 Å². The van der Waals surface area contributed by atoms with E-state index in [0.29, 0.717) is 0 Å². The topological polar surface area (TPSA) is 31.4 Å². The Morgan fingerprint density at radius 3 is 2.21 bits per heavy atom. The Labute approximate surface area is 123 Å². The smallest absolute Gasteiger partial charge is 0.399 e. The molecule has 102 valence electrons. The first-order chi connectivity index (χ1) is 8.62. The van der Waals surface area contributed by atoms with E-state index in [2.05, 4.69) is 27.5 Å². The summed E-state index contributed by atoms with van der Waals surface area (Å²) < 4.78 is 12.8. The second-order valence-electron chi connectivity index (χ2n) is 5.98. The monoisotopic (exact) mass is 323 g/mol. The maximum atomic E-state index is 6.04. The fourth-order valence-corrected chi connectivity index (χ4v) is 2.31. The fraction of sp³-hybridized carbons (Fsp3) is 0.500. The number of pyridine rings is 1. The second-order valence-corrected chi connectivity index (χ2v) is 6.79. The van der Waals surface area contributed by atoms with E-state index in [4.69, 9.17) is 9.31 Å². The van der Waals surface area contributed by atoms with Crippen LogP contribution in [0.3, 0.4) is 0 Å². The molecule has 2 rings (SSSR count). The molecule has 0 aromatic carbocycles. The van der Waals surface area contributed by atoms with Crippen LogP contribution in [-0.4, -0.2) is 23.3 Å². The van der Waals surface area contributed by atoms with Crippen molar-refractivity contribution in [1.29, 1.82) is 0 Å². The van der Waals surface area contributed by atoms with Crippen molar-refractivity contribution in [3.63, 3.8) is 0 Å². The molecule has 0 aliphatic carbocycles. The van der Waals surface area contributed by atoms with Gasteiger partial charge in [0.2, 0.25) is 0 Å². The summed E-state index contributed by atoms with van der Waals surface area (Å²) in [4.78, 5) is 4.38. The van der Waals surface area contributed by atoms with Gasteiger partial charge in [-0.2, -0.15) is 0 Å². The Kier molecular flexibility index (Phi) is 3.67. The van der Waals surface area contributed by atoms with E-state index in [0.717, 1.165) is 21.3 Å². The molecule has 2 heterocycles. The van der Waals surface area contributed by atoms with Crippen LogP contribution in [0.25, 0.3) is 5.57 Å². The van der Waals surface area contributed by atoms with Crippen LogP contribution in [0.4, 0.5) is 0 Å². The average Bonchev–Trinajstić information content (AvgIpc) is 2.47. The number of rotatable bonds is 2. The minimum atomic E-state index is -0.373. The lowest BCUT2D eigenvalue weighted by Gasteiger charge is -2.32. The van der Waals surface area contributed by atoms with Crippen molar-refractivity contribution in [2.24, 2.45) is 0 Å². The molecule has 0 unspecified atom stereocenters. The number of hydrogen-bond donors (Lipinski definition) is 0. The van der Waals surface area contributed by atoms with Crippen molar-refractivity contribution in [3.8, 4) is 0 Å². The molecule has 1 aliphatic heterocycles. The number of hydrogen-bond acceptors (Lipinski definition) is 3. The highest BCUT2D eigenvalue weighted by atomic mass is 79.9. The Bertz CT molecular complexity index is 512. The Morgan fingerprint density at radius 1 is 1.21 bits per heavy atom. The van der Waals surface area contributed by atoms with Gasteiger partial charge in [0.05, 0.1) is 16.9 Å². The fourth-order valence-electron chi connectivity index (χ4n) is 1.85. The lowest BCUT2D eigenvalue weighted by Crippen LogP contribution is -2.41. The van der Waals surface area contributed by atoms with E-state index in [1.807, 2.05) is 46.8 Å². The van der Waals surface area contributed by atoms with Crippen LogP contribution in [0.2, 0.25) is 0 Å². The lowest BCUT2D eigenvalue weighted by molar-refractivity contribution is 0.00578. The molecule has 1 fully saturated rings. The zero-order valence-corrected chi connectivity index (χ0v) is 13.7. The lowest BCUT2D eigenvalue weighted by atomic mass is 9.79. The summed E-state index contributed by atoms with van der Waals surface area (Å²) in [5, 5.41) is 0. The van der Waals surface area contributed by atoms with Gasteiger partial charge in [-0.15, -0.1) is 0 Å². The molecule has 3 nitrogen and oxygen atoms in total. The first kappa shape index (κ1) is 14.8. The van der Waals surface area contributed by atoms with Crippen molar-refractivity contribution in [3.05, 3.63) is 29.0 Å². The Balaban J connectivity index is 2.37. The highest BCUT2D eigenvalue weighted by molar-refractivity contribution is 9.10. The van der Waals surface area contributed by atoms with Crippen LogP contribution in [0.5, 0.6) is 0 Å². The molecule has 1 aliphatic rings. The van der Waals surface area contributed by atoms with E-state index >= 15 is 0 Å². The maximum Gasteiger partial charge on any atom is 0.495 e. The predicted molar refractivity (Wildman–Crippen MR) is 82.4 cm³/mol. The summed E-state index contributed by atoms with van der Waals surface area (Å²) in [6.45, 7) is 14.0. The third-order valence-electron chi connectivity index (χ3n) is 3.78. The summed E-state index contributed by atoms with van der Waals surface area (Å²) in [7, 11) is -0.373. The quantitative estimate of drug-likeness (QED) is 0.619. The molecule has 0 saturated carbocycles. The van der Waals surface area contributed by atoms with E-state index in [1.165, 1.54) is 0 Å². The molecule has 5 heteroatoms. The molecule has 1 aromatic rings. The van der Waals surface area contributed by atoms with Crippen LogP contribution in [0, 0.1) is 0 Å². The van der Waals surface area contributed by atoms with Gasteiger partial charge in [0.1, 0.15) is 4.60 Å². The zero-order chi connectivity index (χ0) is 14.4. The largest absolute Gasteiger partial charge is 0.495 e. The number of nitrogens with zero attached hydrogens (tertiary/aromatic N) is 1. The highest BCUT2D eigenvalue weighted by Crippen LogP contribution is 2.36. The molecular formula is C14H19BBrNO2. The van der Waals surface area contributed by atoms with E-state index in [-0.39, 0.29) is 18.3 Å². The first-order valence-corrected chi connectivity index (χ1v) is 7.11. The van der Waals surface area contributed by atoms with Gasteiger partial charge in [-0.1, -0.05) is 6.58 Å². The van der Waals surface area contributed by atoms with Gasteiger partial charge < -0.3 is 9.31 Å². The van der Waals surface area contributed by atoms with Crippen molar-refractivity contribution in [2.45, 2.75) is 45.8 Å². The first-order valence-electron chi connectivity index (χ1n) is 6.31. The molecule has 0 bridgehead atoms. The molecule has 1 aromatic heterocycles. The second kappa shape index (κ2) is 4.72. The standard InChI is InChI=1S/C14H19BBrNO2/c1-9(2)11-7-10(8-12(16)17-11)15-18-13(3,4)14(5,6)19-15/h7-8H,1H2,2-6H3. The van der Waals surface area contributed by atoms with Crippen LogP contribution >= 0.6 is 15.9 Å². The summed E-state index contributed by atoms with van der Waals surface area (Å²) >= 11 is 3.42. The van der Waals surface area contributed by atoms with Crippen LogP contribution in [0.15, 0.2) is 23.3 Å². The van der Waals surface area contributed by atoms with Gasteiger partial charge in [0.25, 0.3) is 0 Å². The Morgan fingerprint density at radius 2 is 1.74 bits per heavy atom. The maximum absolute atomic E-state index is 6.04. The summed E-state index contributed by atoms with van der Waals surface area (Å²) in [6, 6.07) is 3.89. The third-order valence-corrected chi connectivity index (χ3v) is 4.19. The molecule has 0 radical (unpaired) electrons. The molecular weight excluding hydrogens is 305 g/mol. The average molecular weight is 324 g/mol. The number of halogens is 1. The minimum absolute atomic E-state index is 0.337. The van der Waals surface area contributed by atoms with Crippen molar-refractivity contribution >= 4 is 34.1 Å². The summed E-state index contributed by atoms with van der Waals surface area (Å²) in [6.07, 6.45) is 0. The number of aromatic nitrogens is 1. The minimum Gasteiger partial charge on any atom is -0.399 e. The number of allylic oxidation sites excluding steroid dienone is 1. The van der Waals surface area contributed by atoms with Gasteiger partial charge in [0, 0.05) is 0 Å². The third kappa shape index (κ3) is 2.78. The van der Waals surface area contributed by atoms with Crippen molar-refractivity contribution < 1.29 is 9.31 Å². The van der Waals surface area contributed by atoms with Crippen molar-refractivity contribution in [1.82, 2.24) is 4.98 Å². The van der Waals surface area contributed by atoms with E-state index in [1.54, 1.807) is 0 Å². The Hall–Kier alpha value is -0.645. The summed E-state index contributed by atoms with van der Waals surface area (Å²) in [5.41, 5.74) is 2.05. The van der Waals surface area contributed by atoms with E-state index in [9.17, 15) is 0 Å². The molecule has 1 saturated heterocycles. The van der Waals surface area contributed by atoms with E-state index < -0.39 is 0 Å². The van der Waals surface area contributed by atoms with Crippen molar-refractivity contribution in [2.75, 3.05) is 0 Å². The molecule has 0 N–H and O–H groups in total. The molecule has 19 heavy (non-hydrogen) atoms. The van der Waals surface area contributed by atoms with Crippen LogP contribution < -0.4 is 5.46 Å². The molecule has 0 atom stereocenters. The van der Waals surface area contributed by atoms with Gasteiger partial charge in [0.15, 0.2) is 0 Å². The van der Waals surface area contributed by atoms with Gasteiger partial charge in [-0.05, 0) is 73.7 Å². The highest BCUT2D eigenvalue weighted by Gasteiger charge is 2.51. The SMILES string of the molecule is C=C(C)c1cc(B2OC(C)(C)C(C)(C)O2)cc(Br)n1. The summed E-state index contributed by atoms with van der Waals surface area (Å²) in [5.74, 6) is 0. The predicted octanol–water partition coefficient (Wildman–Crippen LogP) is 3.18. The van der Waals surface area contributed by atoms with Crippen LogP contribution in [0.1, 0.15) is 40.3 Å². The van der Waals surface area contributed by atoms with Gasteiger partial charge >= 0.3 is 7.12 Å². The molecule has 0 spiro atoms. The normalized spacial score (nSPS) is 20.6. The van der Waals surface area contributed by atoms with Gasteiger partial charge in [-0.3, -0.25) is 0 Å². The molecule has 0 amide bonds.